The van der Waals surface area contributed by atoms with Crippen LogP contribution in [0, 0.1) is 0 Å². The minimum atomic E-state index is -0.695. The molecule has 0 radical (unpaired) electrons. The molecule has 1 unspecified atom stereocenters. The lowest BCUT2D eigenvalue weighted by Gasteiger charge is -2.25. The number of hydrogen-bond acceptors (Lipinski definition) is 5. The molecule has 0 fully saturated rings. The van der Waals surface area contributed by atoms with Crippen molar-refractivity contribution >= 4 is 5.91 Å². The SMILES string of the molecule is O=C(NCCn1nc2c(cc1=O)CCC2)C1COc2ccccc2O1. The highest BCUT2D eigenvalue weighted by molar-refractivity contribution is 5.81. The van der Waals surface area contributed by atoms with Crippen molar-refractivity contribution in [3.05, 3.63) is 51.9 Å². The quantitative estimate of drug-likeness (QED) is 0.885. The van der Waals surface area contributed by atoms with Crippen molar-refractivity contribution < 1.29 is 14.3 Å². The zero-order valence-corrected chi connectivity index (χ0v) is 13.7. The van der Waals surface area contributed by atoms with Crippen molar-refractivity contribution in [2.45, 2.75) is 31.9 Å². The van der Waals surface area contributed by atoms with Crippen molar-refractivity contribution in [1.29, 1.82) is 0 Å². The van der Waals surface area contributed by atoms with Crippen LogP contribution in [0.15, 0.2) is 35.1 Å². The Morgan fingerprint density at radius 2 is 2.12 bits per heavy atom. The van der Waals surface area contributed by atoms with E-state index in [2.05, 4.69) is 10.4 Å². The van der Waals surface area contributed by atoms with Crippen molar-refractivity contribution in [3.63, 3.8) is 0 Å². The van der Waals surface area contributed by atoms with E-state index in [4.69, 9.17) is 9.47 Å². The van der Waals surface area contributed by atoms with E-state index < -0.39 is 6.10 Å². The number of carbonyl (C=O) groups is 1. The third-order valence-electron chi connectivity index (χ3n) is 4.45. The Hall–Kier alpha value is -2.83. The van der Waals surface area contributed by atoms with Gasteiger partial charge in [-0.3, -0.25) is 9.59 Å². The van der Waals surface area contributed by atoms with Crippen LogP contribution in [0.2, 0.25) is 0 Å². The average molecular weight is 341 g/mol. The van der Waals surface area contributed by atoms with E-state index in [1.54, 1.807) is 18.2 Å². The standard InChI is InChI=1S/C18H19N3O4/c22-17-10-12-4-3-5-13(12)20-21(17)9-8-19-18(23)16-11-24-14-6-1-2-7-15(14)25-16/h1-2,6-7,10,16H,3-5,8-9,11H2,(H,19,23). The number of ether oxygens (including phenoxy) is 2. The number of hydrogen-bond donors (Lipinski definition) is 1. The van der Waals surface area contributed by atoms with Crippen LogP contribution in [-0.4, -0.2) is 34.9 Å². The minimum Gasteiger partial charge on any atom is -0.485 e. The lowest BCUT2D eigenvalue weighted by Crippen LogP contribution is -2.45. The Morgan fingerprint density at radius 3 is 3.00 bits per heavy atom. The normalized spacial score (nSPS) is 17.8. The predicted molar refractivity (Wildman–Crippen MR) is 89.9 cm³/mol. The lowest BCUT2D eigenvalue weighted by molar-refractivity contribution is -0.130. The topological polar surface area (TPSA) is 82.5 Å². The van der Waals surface area contributed by atoms with Gasteiger partial charge in [0.1, 0.15) is 6.61 Å². The Bertz CT molecular complexity index is 862. The van der Waals surface area contributed by atoms with Gasteiger partial charge < -0.3 is 14.8 Å². The van der Waals surface area contributed by atoms with Crippen molar-refractivity contribution in [3.8, 4) is 11.5 Å². The number of nitrogens with zero attached hydrogens (tertiary/aromatic N) is 2. The molecule has 1 aromatic heterocycles. The van der Waals surface area contributed by atoms with Gasteiger partial charge in [-0.15, -0.1) is 0 Å². The molecule has 1 N–H and O–H groups in total. The monoisotopic (exact) mass is 341 g/mol. The third kappa shape index (κ3) is 3.22. The van der Waals surface area contributed by atoms with Crippen LogP contribution in [0.1, 0.15) is 17.7 Å². The number of nitrogens with one attached hydrogen (secondary N) is 1. The summed E-state index contributed by atoms with van der Waals surface area (Å²) in [7, 11) is 0. The van der Waals surface area contributed by atoms with Gasteiger partial charge in [-0.2, -0.15) is 5.10 Å². The van der Waals surface area contributed by atoms with Gasteiger partial charge in [0.05, 0.1) is 12.2 Å². The molecule has 1 aromatic carbocycles. The fourth-order valence-electron chi connectivity index (χ4n) is 3.15. The molecule has 4 rings (SSSR count). The minimum absolute atomic E-state index is 0.124. The van der Waals surface area contributed by atoms with E-state index in [0.29, 0.717) is 24.6 Å². The van der Waals surface area contributed by atoms with Gasteiger partial charge in [-0.05, 0) is 37.0 Å². The molecule has 0 saturated carbocycles. The molecule has 2 aliphatic rings. The first-order valence-electron chi connectivity index (χ1n) is 8.47. The van der Waals surface area contributed by atoms with Crippen molar-refractivity contribution in [1.82, 2.24) is 15.1 Å². The summed E-state index contributed by atoms with van der Waals surface area (Å²) in [5, 5.41) is 7.17. The zero-order chi connectivity index (χ0) is 17.2. The number of aryl methyl sites for hydroxylation is 2. The molecule has 1 atom stereocenters. The van der Waals surface area contributed by atoms with Gasteiger partial charge in [0, 0.05) is 12.6 Å². The Balaban J connectivity index is 1.33. The first-order chi connectivity index (χ1) is 12.2. The molecule has 0 bridgehead atoms. The number of benzene rings is 1. The second-order valence-electron chi connectivity index (χ2n) is 6.19. The highest BCUT2D eigenvalue weighted by Crippen LogP contribution is 2.30. The average Bonchev–Trinajstić information content (AvgIpc) is 3.08. The Morgan fingerprint density at radius 1 is 1.28 bits per heavy atom. The number of para-hydroxylation sites is 2. The first-order valence-corrected chi connectivity index (χ1v) is 8.47. The van der Waals surface area contributed by atoms with Gasteiger partial charge in [-0.25, -0.2) is 4.68 Å². The fraction of sp³-hybridized carbons (Fsp3) is 0.389. The summed E-state index contributed by atoms with van der Waals surface area (Å²) in [6.45, 7) is 0.813. The van der Waals surface area contributed by atoms with Gasteiger partial charge in [0.15, 0.2) is 11.5 Å². The smallest absolute Gasteiger partial charge is 0.267 e. The second-order valence-corrected chi connectivity index (χ2v) is 6.19. The second kappa shape index (κ2) is 6.58. The number of fused-ring (bicyclic) bond motifs is 2. The summed E-state index contributed by atoms with van der Waals surface area (Å²) < 4.78 is 12.6. The molecule has 2 aromatic rings. The van der Waals surface area contributed by atoms with E-state index in [-0.39, 0.29) is 18.1 Å². The summed E-state index contributed by atoms with van der Waals surface area (Å²) in [4.78, 5) is 24.3. The summed E-state index contributed by atoms with van der Waals surface area (Å²) in [6.07, 6.45) is 2.19. The maximum Gasteiger partial charge on any atom is 0.267 e. The van der Waals surface area contributed by atoms with Crippen LogP contribution in [0.5, 0.6) is 11.5 Å². The van der Waals surface area contributed by atoms with Crippen LogP contribution in [0.4, 0.5) is 0 Å². The van der Waals surface area contributed by atoms with Crippen LogP contribution in [0.25, 0.3) is 0 Å². The molecule has 0 saturated heterocycles. The summed E-state index contributed by atoms with van der Waals surface area (Å²) in [5.74, 6) is 0.939. The maximum absolute atomic E-state index is 12.2. The number of aromatic nitrogens is 2. The number of carbonyl (C=O) groups excluding carboxylic acids is 1. The fourth-order valence-corrected chi connectivity index (χ4v) is 3.15. The van der Waals surface area contributed by atoms with E-state index in [0.717, 1.165) is 30.5 Å². The molecule has 1 aliphatic carbocycles. The molecule has 2 heterocycles. The molecular weight excluding hydrogens is 322 g/mol. The summed E-state index contributed by atoms with van der Waals surface area (Å²) in [5.41, 5.74) is 1.92. The zero-order valence-electron chi connectivity index (χ0n) is 13.7. The van der Waals surface area contributed by atoms with Crippen molar-refractivity contribution in [2.75, 3.05) is 13.2 Å². The molecule has 0 spiro atoms. The van der Waals surface area contributed by atoms with E-state index in [1.807, 2.05) is 12.1 Å². The van der Waals surface area contributed by atoms with E-state index in [1.165, 1.54) is 4.68 Å². The third-order valence-corrected chi connectivity index (χ3v) is 4.45. The summed E-state index contributed by atoms with van der Waals surface area (Å²) in [6, 6.07) is 8.91. The summed E-state index contributed by atoms with van der Waals surface area (Å²) >= 11 is 0. The highest BCUT2D eigenvalue weighted by Gasteiger charge is 2.27. The molecule has 1 amide bonds. The van der Waals surface area contributed by atoms with Gasteiger partial charge in [0.25, 0.3) is 11.5 Å². The first kappa shape index (κ1) is 15.7. The molecule has 1 aliphatic heterocycles. The van der Waals surface area contributed by atoms with Crippen molar-refractivity contribution in [2.24, 2.45) is 0 Å². The van der Waals surface area contributed by atoms with Crippen LogP contribution < -0.4 is 20.3 Å². The molecule has 7 heteroatoms. The predicted octanol–water partition coefficient (Wildman–Crippen LogP) is 0.688. The molecule has 25 heavy (non-hydrogen) atoms. The van der Waals surface area contributed by atoms with Gasteiger partial charge in [0.2, 0.25) is 6.10 Å². The lowest BCUT2D eigenvalue weighted by atomic mass is 10.2. The molecule has 130 valence electrons. The van der Waals surface area contributed by atoms with Crippen LogP contribution in [-0.2, 0) is 24.2 Å². The maximum atomic E-state index is 12.2. The van der Waals surface area contributed by atoms with Gasteiger partial charge >= 0.3 is 0 Å². The molecular formula is C18H19N3O4. The number of rotatable bonds is 4. The molecule has 7 nitrogen and oxygen atoms in total. The Labute approximate surface area is 144 Å². The number of amides is 1. The van der Waals surface area contributed by atoms with E-state index in [9.17, 15) is 9.59 Å². The van der Waals surface area contributed by atoms with Crippen LogP contribution in [0.3, 0.4) is 0 Å². The largest absolute Gasteiger partial charge is 0.485 e. The Kier molecular flexibility index (Phi) is 4.13. The van der Waals surface area contributed by atoms with Gasteiger partial charge in [-0.1, -0.05) is 12.1 Å². The van der Waals surface area contributed by atoms with Crippen LogP contribution >= 0.6 is 0 Å². The van der Waals surface area contributed by atoms with E-state index >= 15 is 0 Å². The highest BCUT2D eigenvalue weighted by atomic mass is 16.6.